The van der Waals surface area contributed by atoms with E-state index in [2.05, 4.69) is 15.4 Å². The molecule has 0 fully saturated rings. The van der Waals surface area contributed by atoms with Crippen LogP contribution < -0.4 is 10.6 Å². The van der Waals surface area contributed by atoms with Crippen LogP contribution in [0.4, 0.5) is 5.69 Å². The zero-order chi connectivity index (χ0) is 13.1. The van der Waals surface area contributed by atoms with E-state index in [1.807, 2.05) is 6.07 Å². The number of carbonyl (C=O) groups is 1. The lowest BCUT2D eigenvalue weighted by atomic mass is 10.2. The molecule has 0 unspecified atom stereocenters. The van der Waals surface area contributed by atoms with Gasteiger partial charge in [-0.05, 0) is 19.1 Å². The number of carbonyl (C=O) groups excluding carboxylic acids is 1. The molecule has 1 heterocycles. The first-order valence-corrected chi connectivity index (χ1v) is 5.22. The molecule has 100 valence electrons. The third-order valence-electron chi connectivity index (χ3n) is 2.38. The van der Waals surface area contributed by atoms with E-state index in [9.17, 15) is 4.79 Å². The number of hydrogen-bond acceptors (Lipinski definition) is 4. The van der Waals surface area contributed by atoms with Crippen molar-refractivity contribution in [3.63, 3.8) is 0 Å². The minimum Gasteiger partial charge on any atom is -0.369 e. The Morgan fingerprint density at radius 2 is 2.00 bits per heavy atom. The number of benzene rings is 1. The molecule has 19 heavy (non-hydrogen) atoms. The largest absolute Gasteiger partial charge is 0.369 e. The molecule has 0 aliphatic rings. The molecule has 4 N–H and O–H groups in total. The lowest BCUT2D eigenvalue weighted by molar-refractivity contribution is 0.0996. The SMILES string of the molecule is Cc1[nH]nnc1C(=O)N(C(=N)N)c1ccccc1.Cl. The number of aromatic nitrogens is 3. The summed E-state index contributed by atoms with van der Waals surface area (Å²) < 4.78 is 0. The van der Waals surface area contributed by atoms with Gasteiger partial charge < -0.3 is 5.73 Å². The summed E-state index contributed by atoms with van der Waals surface area (Å²) in [6.07, 6.45) is 0. The van der Waals surface area contributed by atoms with Crippen LogP contribution in [0.25, 0.3) is 0 Å². The van der Waals surface area contributed by atoms with E-state index >= 15 is 0 Å². The minimum absolute atomic E-state index is 0. The smallest absolute Gasteiger partial charge is 0.287 e. The maximum absolute atomic E-state index is 12.3. The summed E-state index contributed by atoms with van der Waals surface area (Å²) in [7, 11) is 0. The third kappa shape index (κ3) is 2.89. The van der Waals surface area contributed by atoms with Crippen LogP contribution >= 0.6 is 12.4 Å². The predicted octanol–water partition coefficient (Wildman–Crippen LogP) is 1.08. The van der Waals surface area contributed by atoms with Crippen molar-refractivity contribution in [2.75, 3.05) is 4.90 Å². The number of halogens is 1. The van der Waals surface area contributed by atoms with Gasteiger partial charge in [0.05, 0.1) is 11.4 Å². The Hall–Kier alpha value is -2.41. The van der Waals surface area contributed by atoms with Crippen molar-refractivity contribution in [2.24, 2.45) is 5.73 Å². The minimum atomic E-state index is -0.486. The Bertz CT molecular complexity index is 582. The predicted molar refractivity (Wildman–Crippen MR) is 73.5 cm³/mol. The zero-order valence-electron chi connectivity index (χ0n) is 10.1. The van der Waals surface area contributed by atoms with Crippen LogP contribution in [0.15, 0.2) is 30.3 Å². The number of hydrogen-bond donors (Lipinski definition) is 3. The van der Waals surface area contributed by atoms with Crippen molar-refractivity contribution in [3.05, 3.63) is 41.7 Å². The van der Waals surface area contributed by atoms with Crippen LogP contribution in [-0.2, 0) is 0 Å². The van der Waals surface area contributed by atoms with Crippen molar-refractivity contribution in [1.29, 1.82) is 5.41 Å². The molecule has 0 spiro atoms. The summed E-state index contributed by atoms with van der Waals surface area (Å²) >= 11 is 0. The number of para-hydroxylation sites is 1. The molecule has 1 aromatic carbocycles. The second-order valence-corrected chi connectivity index (χ2v) is 3.65. The highest BCUT2D eigenvalue weighted by Crippen LogP contribution is 2.16. The standard InChI is InChI=1S/C11H12N6O.ClH/c1-7-9(15-16-14-7)10(18)17(11(12)13)8-5-3-2-4-6-8;/h2-6H,1H3,(H3,12,13)(H,14,15,16);1H. The van der Waals surface area contributed by atoms with E-state index in [1.54, 1.807) is 31.2 Å². The topological polar surface area (TPSA) is 112 Å². The van der Waals surface area contributed by atoms with Gasteiger partial charge in [0.25, 0.3) is 5.91 Å². The van der Waals surface area contributed by atoms with Gasteiger partial charge in [-0.1, -0.05) is 23.4 Å². The van der Waals surface area contributed by atoms with E-state index < -0.39 is 5.91 Å². The number of guanidine groups is 1. The molecule has 1 aromatic heterocycles. The van der Waals surface area contributed by atoms with Crippen molar-refractivity contribution in [2.45, 2.75) is 6.92 Å². The molecular formula is C11H13ClN6O. The molecule has 0 aliphatic heterocycles. The fourth-order valence-corrected chi connectivity index (χ4v) is 1.53. The van der Waals surface area contributed by atoms with Crippen molar-refractivity contribution in [3.8, 4) is 0 Å². The lowest BCUT2D eigenvalue weighted by Crippen LogP contribution is -2.41. The number of anilines is 1. The van der Waals surface area contributed by atoms with Gasteiger partial charge in [-0.25, -0.2) is 4.90 Å². The van der Waals surface area contributed by atoms with Crippen LogP contribution in [0.1, 0.15) is 16.2 Å². The quantitative estimate of drug-likeness (QED) is 0.564. The lowest BCUT2D eigenvalue weighted by Gasteiger charge is -2.19. The Labute approximate surface area is 115 Å². The molecule has 0 saturated heterocycles. The van der Waals surface area contributed by atoms with Crippen LogP contribution in [0.5, 0.6) is 0 Å². The van der Waals surface area contributed by atoms with E-state index in [-0.39, 0.29) is 24.1 Å². The number of nitrogens with zero attached hydrogens (tertiary/aromatic N) is 3. The normalized spacial score (nSPS) is 9.53. The van der Waals surface area contributed by atoms with Gasteiger partial charge in [-0.15, -0.1) is 17.5 Å². The number of amides is 1. The molecule has 0 aliphatic carbocycles. The molecule has 7 nitrogen and oxygen atoms in total. The summed E-state index contributed by atoms with van der Waals surface area (Å²) in [5.41, 5.74) is 6.64. The second kappa shape index (κ2) is 5.96. The summed E-state index contributed by atoms with van der Waals surface area (Å²) in [5.74, 6) is -0.853. The highest BCUT2D eigenvalue weighted by atomic mass is 35.5. The summed E-state index contributed by atoms with van der Waals surface area (Å²) in [5, 5.41) is 17.3. The molecule has 2 rings (SSSR count). The summed E-state index contributed by atoms with van der Waals surface area (Å²) in [4.78, 5) is 13.3. The second-order valence-electron chi connectivity index (χ2n) is 3.65. The highest BCUT2D eigenvalue weighted by Gasteiger charge is 2.24. The van der Waals surface area contributed by atoms with Crippen LogP contribution in [0.3, 0.4) is 0 Å². The molecule has 0 saturated carbocycles. The Balaban J connectivity index is 0.00000180. The van der Waals surface area contributed by atoms with E-state index in [0.29, 0.717) is 11.4 Å². The Morgan fingerprint density at radius 1 is 1.37 bits per heavy atom. The number of H-pyrrole nitrogens is 1. The van der Waals surface area contributed by atoms with Crippen LogP contribution in [-0.4, -0.2) is 27.3 Å². The van der Waals surface area contributed by atoms with Gasteiger partial charge in [0, 0.05) is 0 Å². The number of rotatable bonds is 2. The number of aromatic amines is 1. The van der Waals surface area contributed by atoms with Crippen LogP contribution in [0, 0.1) is 12.3 Å². The average Bonchev–Trinajstić information content (AvgIpc) is 2.76. The highest BCUT2D eigenvalue weighted by molar-refractivity contribution is 6.20. The molecule has 0 bridgehead atoms. The van der Waals surface area contributed by atoms with Gasteiger partial charge in [0.15, 0.2) is 11.7 Å². The fraction of sp³-hybridized carbons (Fsp3) is 0.0909. The van der Waals surface area contributed by atoms with E-state index in [0.717, 1.165) is 4.90 Å². The Morgan fingerprint density at radius 3 is 2.47 bits per heavy atom. The monoisotopic (exact) mass is 280 g/mol. The summed E-state index contributed by atoms with van der Waals surface area (Å²) in [6.45, 7) is 1.68. The molecule has 1 amide bonds. The van der Waals surface area contributed by atoms with Gasteiger partial charge in [-0.2, -0.15) is 0 Å². The van der Waals surface area contributed by atoms with Gasteiger partial charge in [0.2, 0.25) is 0 Å². The van der Waals surface area contributed by atoms with E-state index in [1.165, 1.54) is 0 Å². The third-order valence-corrected chi connectivity index (χ3v) is 2.38. The van der Waals surface area contributed by atoms with E-state index in [4.69, 9.17) is 11.1 Å². The Kier molecular flexibility index (Phi) is 4.60. The maximum atomic E-state index is 12.3. The molecule has 2 aromatic rings. The molecule has 0 radical (unpaired) electrons. The molecular weight excluding hydrogens is 268 g/mol. The van der Waals surface area contributed by atoms with Gasteiger partial charge >= 0.3 is 0 Å². The summed E-state index contributed by atoms with van der Waals surface area (Å²) in [6, 6.07) is 8.71. The number of nitrogens with one attached hydrogen (secondary N) is 2. The average molecular weight is 281 g/mol. The first kappa shape index (κ1) is 14.7. The van der Waals surface area contributed by atoms with Crippen molar-refractivity contribution < 1.29 is 4.79 Å². The van der Waals surface area contributed by atoms with Crippen molar-refractivity contribution in [1.82, 2.24) is 15.4 Å². The van der Waals surface area contributed by atoms with Gasteiger partial charge in [0.1, 0.15) is 0 Å². The zero-order valence-corrected chi connectivity index (χ0v) is 10.9. The molecule has 8 heteroatoms. The number of aryl methyl sites for hydroxylation is 1. The molecule has 0 atom stereocenters. The van der Waals surface area contributed by atoms with Gasteiger partial charge in [-0.3, -0.25) is 15.3 Å². The van der Waals surface area contributed by atoms with Crippen LogP contribution in [0.2, 0.25) is 0 Å². The van der Waals surface area contributed by atoms with Crippen molar-refractivity contribution >= 4 is 30.0 Å². The first-order valence-electron chi connectivity index (χ1n) is 5.22. The maximum Gasteiger partial charge on any atom is 0.287 e. The first-order chi connectivity index (χ1) is 8.61. The fourth-order valence-electron chi connectivity index (χ4n) is 1.53. The number of nitrogens with two attached hydrogens (primary N) is 1.